The first-order valence-corrected chi connectivity index (χ1v) is 6.52. The van der Waals surface area contributed by atoms with E-state index in [2.05, 4.69) is 16.4 Å². The molecule has 4 nitrogen and oxygen atoms in total. The Balaban J connectivity index is 2.57. The van der Waals surface area contributed by atoms with Crippen LogP contribution in [-0.4, -0.2) is 26.3 Å². The van der Waals surface area contributed by atoms with Crippen LogP contribution in [0.15, 0.2) is 36.5 Å². The summed E-state index contributed by atoms with van der Waals surface area (Å²) in [5, 5.41) is 3.32. The first-order chi connectivity index (χ1) is 9.71. The number of ether oxygens (including phenoxy) is 2. The molecule has 0 aliphatic heterocycles. The van der Waals surface area contributed by atoms with Crippen molar-refractivity contribution < 1.29 is 9.47 Å². The fourth-order valence-electron chi connectivity index (χ4n) is 2.39. The molecule has 0 fully saturated rings. The van der Waals surface area contributed by atoms with Gasteiger partial charge in [0, 0.05) is 11.9 Å². The van der Waals surface area contributed by atoms with Crippen LogP contribution in [0.2, 0.25) is 0 Å². The zero-order valence-corrected chi connectivity index (χ0v) is 12.3. The van der Waals surface area contributed by atoms with E-state index in [1.807, 2.05) is 44.4 Å². The van der Waals surface area contributed by atoms with Crippen molar-refractivity contribution in [3.8, 4) is 11.5 Å². The maximum absolute atomic E-state index is 5.49. The van der Waals surface area contributed by atoms with Crippen LogP contribution in [0.25, 0.3) is 0 Å². The molecule has 1 atom stereocenters. The van der Waals surface area contributed by atoms with Crippen LogP contribution in [0.3, 0.4) is 0 Å². The highest BCUT2D eigenvalue weighted by Crippen LogP contribution is 2.37. The third kappa shape index (κ3) is 2.75. The zero-order chi connectivity index (χ0) is 14.5. The van der Waals surface area contributed by atoms with E-state index in [1.54, 1.807) is 14.2 Å². The number of aryl methyl sites for hydroxylation is 1. The highest BCUT2D eigenvalue weighted by molar-refractivity contribution is 5.50. The minimum atomic E-state index is -0.0113. The number of pyridine rings is 1. The van der Waals surface area contributed by atoms with Gasteiger partial charge in [-0.25, -0.2) is 0 Å². The Kier molecular flexibility index (Phi) is 4.58. The molecule has 0 aliphatic carbocycles. The second-order valence-corrected chi connectivity index (χ2v) is 4.53. The monoisotopic (exact) mass is 272 g/mol. The van der Waals surface area contributed by atoms with Crippen LogP contribution < -0.4 is 14.8 Å². The van der Waals surface area contributed by atoms with E-state index in [0.29, 0.717) is 0 Å². The van der Waals surface area contributed by atoms with Crippen LogP contribution in [0.4, 0.5) is 0 Å². The second kappa shape index (κ2) is 6.39. The summed E-state index contributed by atoms with van der Waals surface area (Å²) in [5.41, 5.74) is 3.10. The van der Waals surface area contributed by atoms with Gasteiger partial charge in [0.25, 0.3) is 0 Å². The SMILES string of the molecule is CNC(c1ccnc(C)c1)c1c(OC)cccc1OC. The van der Waals surface area contributed by atoms with Crippen LogP contribution in [0.5, 0.6) is 11.5 Å². The van der Waals surface area contributed by atoms with Crippen molar-refractivity contribution >= 4 is 0 Å². The van der Waals surface area contributed by atoms with Crippen molar-refractivity contribution in [2.24, 2.45) is 0 Å². The number of rotatable bonds is 5. The summed E-state index contributed by atoms with van der Waals surface area (Å²) < 4.78 is 11.0. The topological polar surface area (TPSA) is 43.4 Å². The van der Waals surface area contributed by atoms with E-state index in [4.69, 9.17) is 9.47 Å². The quantitative estimate of drug-likeness (QED) is 0.909. The van der Waals surface area contributed by atoms with Crippen LogP contribution >= 0.6 is 0 Å². The maximum Gasteiger partial charge on any atom is 0.127 e. The molecule has 2 aromatic rings. The molecule has 0 amide bonds. The maximum atomic E-state index is 5.49. The number of nitrogens with one attached hydrogen (secondary N) is 1. The average Bonchev–Trinajstić information content (AvgIpc) is 2.48. The molecular formula is C16H20N2O2. The van der Waals surface area contributed by atoms with E-state index < -0.39 is 0 Å². The van der Waals surface area contributed by atoms with Gasteiger partial charge >= 0.3 is 0 Å². The first kappa shape index (κ1) is 14.3. The van der Waals surface area contributed by atoms with Gasteiger partial charge in [0.2, 0.25) is 0 Å². The summed E-state index contributed by atoms with van der Waals surface area (Å²) in [6, 6.07) is 9.86. The Morgan fingerprint density at radius 2 is 1.75 bits per heavy atom. The van der Waals surface area contributed by atoms with Crippen molar-refractivity contribution in [1.82, 2.24) is 10.3 Å². The largest absolute Gasteiger partial charge is 0.496 e. The number of benzene rings is 1. The summed E-state index contributed by atoms with van der Waals surface area (Å²) in [4.78, 5) is 4.25. The molecule has 1 aromatic carbocycles. The second-order valence-electron chi connectivity index (χ2n) is 4.53. The van der Waals surface area contributed by atoms with Crippen LogP contribution in [-0.2, 0) is 0 Å². The predicted molar refractivity (Wildman–Crippen MR) is 79.4 cm³/mol. The molecule has 0 saturated carbocycles. The van der Waals surface area contributed by atoms with E-state index in [1.165, 1.54) is 0 Å². The fraction of sp³-hybridized carbons (Fsp3) is 0.312. The van der Waals surface area contributed by atoms with E-state index in [-0.39, 0.29) is 6.04 Å². The molecule has 1 unspecified atom stereocenters. The fourth-order valence-corrected chi connectivity index (χ4v) is 2.39. The molecule has 0 aliphatic rings. The van der Waals surface area contributed by atoms with Crippen molar-refractivity contribution in [1.29, 1.82) is 0 Å². The molecule has 20 heavy (non-hydrogen) atoms. The number of nitrogens with zero attached hydrogens (tertiary/aromatic N) is 1. The lowest BCUT2D eigenvalue weighted by Crippen LogP contribution is -2.19. The average molecular weight is 272 g/mol. The van der Waals surface area contributed by atoms with Gasteiger partial charge in [-0.2, -0.15) is 0 Å². The van der Waals surface area contributed by atoms with Gasteiger partial charge in [-0.3, -0.25) is 4.98 Å². The lowest BCUT2D eigenvalue weighted by molar-refractivity contribution is 0.378. The molecule has 2 rings (SSSR count). The Morgan fingerprint density at radius 3 is 2.25 bits per heavy atom. The number of hydrogen-bond donors (Lipinski definition) is 1. The Labute approximate surface area is 119 Å². The third-order valence-electron chi connectivity index (χ3n) is 3.30. The Hall–Kier alpha value is -2.07. The van der Waals surface area contributed by atoms with E-state index in [0.717, 1.165) is 28.3 Å². The summed E-state index contributed by atoms with van der Waals surface area (Å²) in [6.45, 7) is 1.98. The number of hydrogen-bond acceptors (Lipinski definition) is 4. The Morgan fingerprint density at radius 1 is 1.10 bits per heavy atom. The van der Waals surface area contributed by atoms with E-state index >= 15 is 0 Å². The van der Waals surface area contributed by atoms with Crippen LogP contribution in [0, 0.1) is 6.92 Å². The Bertz CT molecular complexity index is 562. The summed E-state index contributed by atoms with van der Waals surface area (Å²) in [6.07, 6.45) is 1.82. The normalized spacial score (nSPS) is 12.0. The lowest BCUT2D eigenvalue weighted by atomic mass is 9.97. The molecule has 1 N–H and O–H groups in total. The van der Waals surface area contributed by atoms with Gasteiger partial charge in [-0.15, -0.1) is 0 Å². The summed E-state index contributed by atoms with van der Waals surface area (Å²) >= 11 is 0. The standard InChI is InChI=1S/C16H20N2O2/c1-11-10-12(8-9-18-11)16(17-2)15-13(19-3)6-5-7-14(15)20-4/h5-10,16-17H,1-4H3. The molecule has 4 heteroatoms. The summed E-state index contributed by atoms with van der Waals surface area (Å²) in [7, 11) is 5.26. The third-order valence-corrected chi connectivity index (χ3v) is 3.30. The van der Waals surface area contributed by atoms with Crippen molar-refractivity contribution in [2.45, 2.75) is 13.0 Å². The summed E-state index contributed by atoms with van der Waals surface area (Å²) in [5.74, 6) is 1.61. The predicted octanol–water partition coefficient (Wildman–Crippen LogP) is 2.72. The highest BCUT2D eigenvalue weighted by atomic mass is 16.5. The van der Waals surface area contributed by atoms with Gasteiger partial charge in [-0.1, -0.05) is 6.07 Å². The van der Waals surface area contributed by atoms with Crippen molar-refractivity contribution in [3.63, 3.8) is 0 Å². The molecular weight excluding hydrogens is 252 g/mol. The lowest BCUT2D eigenvalue weighted by Gasteiger charge is -2.22. The smallest absolute Gasteiger partial charge is 0.127 e. The number of methoxy groups -OCH3 is 2. The first-order valence-electron chi connectivity index (χ1n) is 6.52. The van der Waals surface area contributed by atoms with Crippen molar-refractivity contribution in [2.75, 3.05) is 21.3 Å². The van der Waals surface area contributed by atoms with Gasteiger partial charge in [0.15, 0.2) is 0 Å². The van der Waals surface area contributed by atoms with Crippen LogP contribution in [0.1, 0.15) is 22.9 Å². The molecule has 0 bridgehead atoms. The van der Waals surface area contributed by atoms with Crippen molar-refractivity contribution in [3.05, 3.63) is 53.3 Å². The zero-order valence-electron chi connectivity index (χ0n) is 12.3. The molecule has 1 aromatic heterocycles. The van der Waals surface area contributed by atoms with Gasteiger partial charge in [-0.05, 0) is 43.8 Å². The van der Waals surface area contributed by atoms with Gasteiger partial charge in [0.1, 0.15) is 11.5 Å². The molecule has 1 heterocycles. The highest BCUT2D eigenvalue weighted by Gasteiger charge is 2.21. The molecule has 0 saturated heterocycles. The minimum Gasteiger partial charge on any atom is -0.496 e. The van der Waals surface area contributed by atoms with Gasteiger partial charge in [0.05, 0.1) is 25.8 Å². The van der Waals surface area contributed by atoms with E-state index in [9.17, 15) is 0 Å². The van der Waals surface area contributed by atoms with Gasteiger partial charge < -0.3 is 14.8 Å². The molecule has 0 radical (unpaired) electrons. The molecule has 0 spiro atoms. The number of aromatic nitrogens is 1. The minimum absolute atomic E-state index is 0.0113. The molecule has 106 valence electrons.